The molecule has 33 heavy (non-hydrogen) atoms. The molecule has 3 aromatic rings. The molecule has 2 aromatic carbocycles. The van der Waals surface area contributed by atoms with E-state index in [1.165, 1.54) is 25.1 Å². The molecule has 0 saturated carbocycles. The maximum atomic E-state index is 14.2. The zero-order valence-corrected chi connectivity index (χ0v) is 19.1. The van der Waals surface area contributed by atoms with E-state index < -0.39 is 17.5 Å². The molecule has 0 radical (unpaired) electrons. The van der Waals surface area contributed by atoms with Gasteiger partial charge in [0.2, 0.25) is 5.91 Å². The molecule has 1 heterocycles. The molecule has 1 amide bonds. The van der Waals surface area contributed by atoms with Crippen LogP contribution in [0.3, 0.4) is 0 Å². The van der Waals surface area contributed by atoms with E-state index in [1.54, 1.807) is 23.6 Å². The summed E-state index contributed by atoms with van der Waals surface area (Å²) in [7, 11) is 0. The van der Waals surface area contributed by atoms with Crippen molar-refractivity contribution < 1.29 is 27.8 Å². The van der Waals surface area contributed by atoms with Crippen molar-refractivity contribution in [3.05, 3.63) is 70.7 Å². The monoisotopic (exact) mass is 472 g/mol. The summed E-state index contributed by atoms with van der Waals surface area (Å²) in [5.41, 5.74) is 0.628. The van der Waals surface area contributed by atoms with Crippen molar-refractivity contribution in [3.63, 3.8) is 0 Å². The van der Waals surface area contributed by atoms with Crippen LogP contribution in [-0.4, -0.2) is 29.9 Å². The lowest BCUT2D eigenvalue weighted by molar-refractivity contribution is -0.115. The van der Waals surface area contributed by atoms with Crippen LogP contribution >= 0.6 is 11.3 Å². The van der Waals surface area contributed by atoms with Crippen LogP contribution in [0.5, 0.6) is 11.5 Å². The number of ketones is 1. The summed E-state index contributed by atoms with van der Waals surface area (Å²) in [4.78, 5) is 30.3. The van der Waals surface area contributed by atoms with Gasteiger partial charge in [0.25, 0.3) is 0 Å². The van der Waals surface area contributed by atoms with Crippen molar-refractivity contribution in [2.45, 2.75) is 20.8 Å². The van der Waals surface area contributed by atoms with E-state index in [2.05, 4.69) is 4.98 Å². The molecule has 0 N–H and O–H groups in total. The number of allylic oxidation sites excluding steroid dienone is 1. The molecule has 0 spiro atoms. The lowest BCUT2D eigenvalue weighted by Gasteiger charge is -2.18. The summed E-state index contributed by atoms with van der Waals surface area (Å²) < 4.78 is 38.5. The molecular weight excluding hydrogens is 450 g/mol. The van der Waals surface area contributed by atoms with Crippen molar-refractivity contribution in [2.24, 2.45) is 0 Å². The number of benzene rings is 2. The zero-order valence-electron chi connectivity index (χ0n) is 18.3. The number of carbonyl (C=O) groups is 2. The Morgan fingerprint density at radius 1 is 1.09 bits per heavy atom. The number of amides is 1. The number of hydrogen-bond acceptors (Lipinski definition) is 6. The predicted molar refractivity (Wildman–Crippen MR) is 123 cm³/mol. The lowest BCUT2D eigenvalue weighted by atomic mass is 10.1. The molecular formula is C24H22F2N2O4S. The topological polar surface area (TPSA) is 68.7 Å². The van der Waals surface area contributed by atoms with Gasteiger partial charge in [-0.05, 0) is 56.3 Å². The molecule has 3 rings (SSSR count). The Morgan fingerprint density at radius 3 is 2.52 bits per heavy atom. The predicted octanol–water partition coefficient (Wildman–Crippen LogP) is 5.80. The van der Waals surface area contributed by atoms with Crippen LogP contribution in [-0.2, 0) is 4.79 Å². The first-order valence-corrected chi connectivity index (χ1v) is 11.0. The largest absolute Gasteiger partial charge is 0.494 e. The van der Waals surface area contributed by atoms with Crippen molar-refractivity contribution >= 4 is 39.9 Å². The first kappa shape index (κ1) is 24.1. The lowest BCUT2D eigenvalue weighted by Crippen LogP contribution is -2.23. The molecule has 0 aliphatic rings. The summed E-state index contributed by atoms with van der Waals surface area (Å²) in [6.45, 7) is 5.78. The van der Waals surface area contributed by atoms with E-state index >= 15 is 0 Å². The minimum absolute atomic E-state index is 0.112. The number of anilines is 2. The van der Waals surface area contributed by atoms with Gasteiger partial charge in [-0.15, -0.1) is 11.3 Å². The molecule has 9 heteroatoms. The van der Waals surface area contributed by atoms with Gasteiger partial charge >= 0.3 is 0 Å². The van der Waals surface area contributed by atoms with Gasteiger partial charge in [-0.3, -0.25) is 14.5 Å². The second kappa shape index (κ2) is 10.8. The Balaban J connectivity index is 1.86. The third-order valence-corrected chi connectivity index (χ3v) is 5.24. The molecule has 0 aliphatic heterocycles. The van der Waals surface area contributed by atoms with Crippen LogP contribution in [0, 0.1) is 11.6 Å². The van der Waals surface area contributed by atoms with E-state index in [4.69, 9.17) is 9.47 Å². The van der Waals surface area contributed by atoms with Crippen LogP contribution in [0.25, 0.3) is 6.08 Å². The highest BCUT2D eigenvalue weighted by atomic mass is 32.1. The molecule has 0 atom stereocenters. The molecule has 0 fully saturated rings. The van der Waals surface area contributed by atoms with Gasteiger partial charge in [0.05, 0.1) is 30.2 Å². The van der Waals surface area contributed by atoms with Gasteiger partial charge in [-0.1, -0.05) is 0 Å². The molecule has 0 aliphatic carbocycles. The highest BCUT2D eigenvalue weighted by molar-refractivity contribution is 7.14. The van der Waals surface area contributed by atoms with Crippen LogP contribution in [0.1, 0.15) is 36.8 Å². The highest BCUT2D eigenvalue weighted by Crippen LogP contribution is 2.32. The van der Waals surface area contributed by atoms with Crippen molar-refractivity contribution in [1.29, 1.82) is 0 Å². The number of ether oxygens (including phenoxy) is 2. The molecule has 0 unspecified atom stereocenters. The van der Waals surface area contributed by atoms with Crippen molar-refractivity contribution in [3.8, 4) is 11.5 Å². The van der Waals surface area contributed by atoms with E-state index in [0.717, 1.165) is 22.3 Å². The number of carbonyl (C=O) groups excluding carboxylic acids is 2. The Morgan fingerprint density at radius 2 is 1.85 bits per heavy atom. The standard InChI is InChI=1S/C24H22F2N2O4S/c1-4-31-18-8-11-23(32-5-2)19(13-18)22(30)10-7-17-14-33-24(27-17)28(15(3)29)21-9-6-16(25)12-20(21)26/h6-14H,4-5H2,1-3H3/b10-7+. The van der Waals surface area contributed by atoms with Gasteiger partial charge in [0.1, 0.15) is 23.1 Å². The number of nitrogens with zero attached hydrogens (tertiary/aromatic N) is 2. The highest BCUT2D eigenvalue weighted by Gasteiger charge is 2.21. The Hall–Kier alpha value is -3.59. The van der Waals surface area contributed by atoms with Crippen molar-refractivity contribution in [2.75, 3.05) is 18.1 Å². The zero-order chi connectivity index (χ0) is 24.0. The molecule has 172 valence electrons. The number of aromatic nitrogens is 1. The Bertz CT molecular complexity index is 1190. The number of thiazole rings is 1. The van der Waals surface area contributed by atoms with Gasteiger partial charge in [0.15, 0.2) is 10.9 Å². The third-order valence-electron chi connectivity index (χ3n) is 4.40. The Kier molecular flexibility index (Phi) is 7.89. The maximum Gasteiger partial charge on any atom is 0.230 e. The van der Waals surface area contributed by atoms with Crippen molar-refractivity contribution in [1.82, 2.24) is 4.98 Å². The second-order valence-electron chi connectivity index (χ2n) is 6.73. The average Bonchev–Trinajstić information content (AvgIpc) is 3.23. The van der Waals surface area contributed by atoms with E-state index in [9.17, 15) is 18.4 Å². The summed E-state index contributed by atoms with van der Waals surface area (Å²) in [6.07, 6.45) is 2.83. The summed E-state index contributed by atoms with van der Waals surface area (Å²) >= 11 is 1.09. The quantitative estimate of drug-likeness (QED) is 0.291. The summed E-state index contributed by atoms with van der Waals surface area (Å²) in [5, 5.41) is 1.81. The fourth-order valence-electron chi connectivity index (χ4n) is 3.02. The maximum absolute atomic E-state index is 14.2. The minimum Gasteiger partial charge on any atom is -0.494 e. The number of rotatable bonds is 9. The van der Waals surface area contributed by atoms with Crippen LogP contribution < -0.4 is 14.4 Å². The molecule has 0 bridgehead atoms. The first-order chi connectivity index (χ1) is 15.8. The normalized spacial score (nSPS) is 10.9. The van der Waals surface area contributed by atoms with Crippen LogP contribution in [0.4, 0.5) is 19.6 Å². The fourth-order valence-corrected chi connectivity index (χ4v) is 3.86. The van der Waals surface area contributed by atoms with Gasteiger partial charge in [0, 0.05) is 18.4 Å². The van der Waals surface area contributed by atoms with E-state index in [-0.39, 0.29) is 16.6 Å². The molecule has 6 nitrogen and oxygen atoms in total. The smallest absolute Gasteiger partial charge is 0.230 e. The van der Waals surface area contributed by atoms with Gasteiger partial charge in [-0.25, -0.2) is 13.8 Å². The third kappa shape index (κ3) is 5.81. The number of hydrogen-bond donors (Lipinski definition) is 0. The van der Waals surface area contributed by atoms with Gasteiger partial charge < -0.3 is 9.47 Å². The second-order valence-corrected chi connectivity index (χ2v) is 7.56. The SMILES string of the molecule is CCOc1ccc(OCC)c(C(=O)/C=C/c2csc(N(C(C)=O)c3ccc(F)cc3F)n2)c1. The molecule has 1 aromatic heterocycles. The van der Waals surface area contributed by atoms with Crippen LogP contribution in [0.2, 0.25) is 0 Å². The van der Waals surface area contributed by atoms with E-state index in [0.29, 0.717) is 42.0 Å². The average molecular weight is 473 g/mol. The Labute approximate surface area is 194 Å². The molecule has 0 saturated heterocycles. The number of halogens is 2. The van der Waals surface area contributed by atoms with Gasteiger partial charge in [-0.2, -0.15) is 0 Å². The summed E-state index contributed by atoms with van der Waals surface area (Å²) in [6, 6.07) is 7.96. The summed E-state index contributed by atoms with van der Waals surface area (Å²) in [5.74, 6) is -1.46. The fraction of sp³-hybridized carbons (Fsp3) is 0.208. The van der Waals surface area contributed by atoms with E-state index in [1.807, 2.05) is 13.8 Å². The first-order valence-electron chi connectivity index (χ1n) is 10.2. The van der Waals surface area contributed by atoms with Crippen LogP contribution in [0.15, 0.2) is 47.9 Å². The minimum atomic E-state index is -0.884.